The minimum Gasteiger partial charge on any atom is -0.508 e. The van der Waals surface area contributed by atoms with Gasteiger partial charge >= 0.3 is 0 Å². The molecule has 0 aliphatic rings. The maximum atomic E-state index is 12.7. The first-order chi connectivity index (χ1) is 43.2. The number of phenols is 1. The van der Waals surface area contributed by atoms with E-state index in [1.807, 2.05) is 97.8 Å². The van der Waals surface area contributed by atoms with Crippen LogP contribution in [0.3, 0.4) is 0 Å². The number of pyridine rings is 1. The molecule has 0 saturated carbocycles. The first-order valence-corrected chi connectivity index (χ1v) is 34.5. The number of carbonyl (C=O) groups is 4. The number of amidine groups is 4. The number of nitrogens with two attached hydrogens (primary N) is 4. The summed E-state index contributed by atoms with van der Waals surface area (Å²) in [6, 6.07) is 43.2. The normalized spacial score (nSPS) is 10.5. The van der Waals surface area contributed by atoms with E-state index in [4.69, 9.17) is 54.0 Å². The van der Waals surface area contributed by atoms with E-state index in [9.17, 15) is 24.3 Å². The Labute approximate surface area is 551 Å². The minimum absolute atomic E-state index is 0.00261. The van der Waals surface area contributed by atoms with Crippen LogP contribution >= 0.6 is 92.4 Å². The largest absolute Gasteiger partial charge is 0.508 e. The summed E-state index contributed by atoms with van der Waals surface area (Å²) in [5.41, 5.74) is 27.4. The smallest absolute Gasteiger partial charge is 0.274 e. The molecule has 17 N–H and O–H groups in total. The zero-order valence-corrected chi connectivity index (χ0v) is 55.5. The number of aromatic nitrogens is 1. The fraction of sp³-hybridized carbons (Fsp3) is 0.113. The number of nitrogens with one attached hydrogen (secondary N) is 8. The second-order valence-corrected chi connectivity index (χ2v) is 27.0. The molecule has 90 heavy (non-hydrogen) atoms. The number of rotatable bonds is 19. The highest BCUT2D eigenvalue weighted by Crippen LogP contribution is 2.39. The Kier molecular flexibility index (Phi) is 24.8. The van der Waals surface area contributed by atoms with Crippen molar-refractivity contribution < 1.29 is 33.8 Å². The van der Waals surface area contributed by atoms with E-state index in [0.29, 0.717) is 76.1 Å². The van der Waals surface area contributed by atoms with Gasteiger partial charge in [-0.3, -0.25) is 40.8 Å². The van der Waals surface area contributed by atoms with Gasteiger partial charge in [0.2, 0.25) is 5.91 Å². The van der Waals surface area contributed by atoms with Gasteiger partial charge in [0.1, 0.15) is 46.3 Å². The van der Waals surface area contributed by atoms with E-state index < -0.39 is 0 Å². The van der Waals surface area contributed by atoms with Crippen LogP contribution in [0.1, 0.15) is 56.3 Å². The van der Waals surface area contributed by atoms with Crippen molar-refractivity contribution in [3.05, 3.63) is 187 Å². The molecule has 20 nitrogen and oxygen atoms in total. The SMILES string of the molecule is COc1ccc(O)c(CC(=O)Nc2cc(C(=N)N)sc2SC)c1.COc1cccc(C(=O)Nc2cc(C(=N)N)sc2SC)c1.CSc1sc(C(=N)N)cc1NC(=O)c1ccc2ccccc2n1.CSc1sc(C(=N)N)cc1NC(=O)c1cccc2ccccc12. The molecule has 5 aromatic carbocycles. The van der Waals surface area contributed by atoms with Crippen LogP contribution in [0.15, 0.2) is 162 Å². The Morgan fingerprint density at radius 2 is 0.933 bits per heavy atom. The number of anilines is 4. The second kappa shape index (κ2) is 32.6. The molecule has 464 valence electrons. The summed E-state index contributed by atoms with van der Waals surface area (Å²) in [7, 11) is 3.08. The number of aromatic hydroxyl groups is 1. The highest BCUT2D eigenvalue weighted by molar-refractivity contribution is 8.01. The molecular weight excluding hydrogens is 1300 g/mol. The first-order valence-electron chi connectivity index (χ1n) is 26.3. The summed E-state index contributed by atoms with van der Waals surface area (Å²) in [4.78, 5) is 56.5. The van der Waals surface area contributed by atoms with E-state index in [1.165, 1.54) is 106 Å². The van der Waals surface area contributed by atoms with E-state index in [-0.39, 0.29) is 59.1 Å². The average molecular weight is 1360 g/mol. The molecule has 0 spiro atoms. The van der Waals surface area contributed by atoms with Gasteiger partial charge in [0.15, 0.2) is 0 Å². The Balaban J connectivity index is 0.000000171. The lowest BCUT2D eigenvalue weighted by Gasteiger charge is -2.08. The van der Waals surface area contributed by atoms with Crippen LogP contribution in [0.5, 0.6) is 17.2 Å². The number of phenolic OH excluding ortho intramolecular Hbond substituents is 1. The molecule has 0 radical (unpaired) electrons. The number of methoxy groups -OCH3 is 2. The number of benzene rings is 5. The minimum atomic E-state index is -0.279. The lowest BCUT2D eigenvalue weighted by Crippen LogP contribution is -2.14. The molecule has 0 unspecified atom stereocenters. The Morgan fingerprint density at radius 3 is 1.44 bits per heavy atom. The number of nitrogens with zero attached hydrogens (tertiary/aromatic N) is 1. The van der Waals surface area contributed by atoms with Gasteiger partial charge in [-0.15, -0.1) is 92.4 Å². The second-order valence-electron chi connectivity index (χ2n) is 18.4. The van der Waals surface area contributed by atoms with Gasteiger partial charge in [-0.1, -0.05) is 66.7 Å². The quantitative estimate of drug-likeness (QED) is 0.0203. The molecule has 0 saturated heterocycles. The molecule has 28 heteroatoms. The van der Waals surface area contributed by atoms with Crippen molar-refractivity contribution in [1.82, 2.24) is 4.98 Å². The number of hydrogen-bond donors (Lipinski definition) is 13. The number of ether oxygens (including phenoxy) is 2. The molecule has 5 aromatic heterocycles. The van der Waals surface area contributed by atoms with Gasteiger partial charge in [-0.25, -0.2) is 4.98 Å². The number of para-hydroxylation sites is 1. The molecular formula is C62H61N13O7S8. The highest BCUT2D eigenvalue weighted by Gasteiger charge is 2.20. The maximum absolute atomic E-state index is 12.7. The third-order valence-corrected chi connectivity index (χ3v) is 21.7. The van der Waals surface area contributed by atoms with E-state index in [1.54, 1.807) is 73.8 Å². The Bertz CT molecular complexity index is 4300. The van der Waals surface area contributed by atoms with Crippen LogP contribution in [-0.2, 0) is 11.2 Å². The molecule has 0 bridgehead atoms. The van der Waals surface area contributed by atoms with Crippen molar-refractivity contribution in [2.45, 2.75) is 23.3 Å². The molecule has 0 atom stereocenters. The summed E-state index contributed by atoms with van der Waals surface area (Å²) in [5.74, 6) is 0.282. The number of hydrogen-bond acceptors (Lipinski definition) is 20. The van der Waals surface area contributed by atoms with Crippen LogP contribution in [0.4, 0.5) is 22.7 Å². The van der Waals surface area contributed by atoms with Crippen LogP contribution in [0.2, 0.25) is 0 Å². The molecule has 0 aliphatic carbocycles. The van der Waals surface area contributed by atoms with Crippen molar-refractivity contribution in [3.8, 4) is 17.2 Å². The zero-order chi connectivity index (χ0) is 65.2. The van der Waals surface area contributed by atoms with Gasteiger partial charge in [-0.2, -0.15) is 0 Å². The molecule has 4 amide bonds. The first kappa shape index (κ1) is 68.6. The lowest BCUT2D eigenvalue weighted by molar-refractivity contribution is -0.115. The van der Waals surface area contributed by atoms with Crippen LogP contribution < -0.4 is 53.7 Å². The van der Waals surface area contributed by atoms with Gasteiger partial charge < -0.3 is 58.8 Å². The average Bonchev–Trinajstić information content (AvgIpc) is 1.38. The molecule has 10 rings (SSSR count). The summed E-state index contributed by atoms with van der Waals surface area (Å²) < 4.78 is 13.8. The third kappa shape index (κ3) is 18.2. The fourth-order valence-corrected chi connectivity index (χ4v) is 14.7. The highest BCUT2D eigenvalue weighted by atomic mass is 32.2. The van der Waals surface area contributed by atoms with Gasteiger partial charge in [-0.05, 0) is 115 Å². The van der Waals surface area contributed by atoms with Crippen LogP contribution in [-0.4, -0.2) is 96.3 Å². The van der Waals surface area contributed by atoms with Crippen LogP contribution in [0.25, 0.3) is 21.7 Å². The van der Waals surface area contributed by atoms with Crippen molar-refractivity contribution in [2.75, 3.05) is 60.5 Å². The van der Waals surface area contributed by atoms with E-state index in [0.717, 1.165) is 38.5 Å². The maximum Gasteiger partial charge on any atom is 0.274 e. The zero-order valence-electron chi connectivity index (χ0n) is 49.0. The number of nitrogen functional groups attached to an aromatic ring is 4. The Morgan fingerprint density at radius 1 is 0.489 bits per heavy atom. The number of fused-ring (bicyclic) bond motifs is 2. The molecule has 10 aromatic rings. The van der Waals surface area contributed by atoms with Crippen molar-refractivity contribution in [3.63, 3.8) is 0 Å². The monoisotopic (exact) mass is 1360 g/mol. The molecule has 5 heterocycles. The predicted molar refractivity (Wildman–Crippen MR) is 378 cm³/mol. The summed E-state index contributed by atoms with van der Waals surface area (Å²) in [5, 5.41) is 54.2. The third-order valence-electron chi connectivity index (χ3n) is 12.4. The van der Waals surface area contributed by atoms with Crippen molar-refractivity contribution in [1.29, 1.82) is 21.6 Å². The van der Waals surface area contributed by atoms with Crippen molar-refractivity contribution in [2.24, 2.45) is 22.9 Å². The standard InChI is InChI=1S/C17H15N3OS2.C16H14N4OS2.C15H17N3O3S2.C14H15N3O2S2/c1-22-17-13(9-14(23-17)15(18)19)20-16(21)12-8-4-6-10-5-2-3-7-11(10)12;1-22-16-12(8-13(23-16)14(17)18)20-15(21)11-7-6-9-4-2-3-5-10(9)19-11;1-21-9-3-4-11(19)8(5-9)6-13(20)18-10-7-12(14(16)17)23-15(10)22-2;1-19-9-5-3-4-8(6-9)13(18)17-10-7-11(12(15)16)21-14(10)20-2/h2-9H,1H3,(H3,18,19)(H,20,21);2-8H,1H3,(H3,17,18)(H,20,21);3-5,7,19H,6H2,1-2H3,(H3,16,17)(H,18,20);3-7H,1-2H3,(H3,15,16)(H,17,18). The van der Waals surface area contributed by atoms with Crippen LogP contribution in [0, 0.1) is 21.6 Å². The van der Waals surface area contributed by atoms with E-state index >= 15 is 0 Å². The van der Waals surface area contributed by atoms with Crippen molar-refractivity contribution >= 4 is 184 Å². The van der Waals surface area contributed by atoms with E-state index in [2.05, 4.69) is 26.3 Å². The number of amides is 4. The molecule has 0 fully saturated rings. The number of thioether (sulfide) groups is 4. The van der Waals surface area contributed by atoms with Gasteiger partial charge in [0.05, 0.1) is 85.3 Å². The number of thiophene rings is 4. The predicted octanol–water partition coefficient (Wildman–Crippen LogP) is 13.4. The molecule has 0 aliphatic heterocycles. The summed E-state index contributed by atoms with van der Waals surface area (Å²) in [6.45, 7) is 0. The summed E-state index contributed by atoms with van der Waals surface area (Å²) >= 11 is 11.5. The lowest BCUT2D eigenvalue weighted by atomic mass is 10.0. The fourth-order valence-electron chi connectivity index (χ4n) is 8.13. The van der Waals surface area contributed by atoms with Gasteiger partial charge in [0.25, 0.3) is 17.7 Å². The number of carbonyl (C=O) groups excluding carboxylic acids is 4. The van der Waals surface area contributed by atoms with Gasteiger partial charge in [0, 0.05) is 22.1 Å². The summed E-state index contributed by atoms with van der Waals surface area (Å²) in [6.07, 6.45) is 7.67. The Hall–Kier alpha value is -8.87. The topological polar surface area (TPSA) is 367 Å².